The van der Waals surface area contributed by atoms with Crippen LogP contribution >= 0.6 is 0 Å². The van der Waals surface area contributed by atoms with E-state index < -0.39 is 0 Å². The van der Waals surface area contributed by atoms with E-state index in [1.54, 1.807) is 18.2 Å². The van der Waals surface area contributed by atoms with Gasteiger partial charge in [-0.3, -0.25) is 4.79 Å². The molecule has 0 aliphatic carbocycles. The van der Waals surface area contributed by atoms with Gasteiger partial charge in [0.2, 0.25) is 5.89 Å². The van der Waals surface area contributed by atoms with Gasteiger partial charge >= 0.3 is 0 Å². The molecule has 20 heavy (non-hydrogen) atoms. The van der Waals surface area contributed by atoms with Crippen molar-refractivity contribution in [3.05, 3.63) is 59.5 Å². The van der Waals surface area contributed by atoms with Gasteiger partial charge in [-0.1, -0.05) is 18.2 Å². The van der Waals surface area contributed by atoms with Gasteiger partial charge in [-0.05, 0) is 36.8 Å². The van der Waals surface area contributed by atoms with Crippen LogP contribution < -0.4 is 4.74 Å². The number of hydrogen-bond acceptors (Lipinski definition) is 4. The zero-order valence-electron chi connectivity index (χ0n) is 11.0. The highest BCUT2D eigenvalue weighted by molar-refractivity contribution is 5.83. The summed E-state index contributed by atoms with van der Waals surface area (Å²) in [6.07, 6.45) is 0.789. The predicted molar refractivity (Wildman–Crippen MR) is 74.9 cm³/mol. The molecule has 0 spiro atoms. The highest BCUT2D eigenvalue weighted by atomic mass is 16.5. The Labute approximate surface area is 116 Å². The molecule has 1 aromatic heterocycles. The van der Waals surface area contributed by atoms with Crippen LogP contribution in [-0.4, -0.2) is 11.3 Å². The molecule has 4 heteroatoms. The van der Waals surface area contributed by atoms with Crippen LogP contribution in [0.25, 0.3) is 11.1 Å². The third-order valence-corrected chi connectivity index (χ3v) is 3.04. The lowest BCUT2D eigenvalue weighted by Crippen LogP contribution is -1.96. The van der Waals surface area contributed by atoms with Crippen molar-refractivity contribution < 1.29 is 13.9 Å². The molecule has 2 aromatic carbocycles. The van der Waals surface area contributed by atoms with Crippen LogP contribution in [0.1, 0.15) is 21.8 Å². The van der Waals surface area contributed by atoms with Crippen LogP contribution in [0.5, 0.6) is 5.75 Å². The van der Waals surface area contributed by atoms with E-state index in [9.17, 15) is 4.79 Å². The number of oxazole rings is 1. The molecule has 0 saturated carbocycles. The lowest BCUT2D eigenvalue weighted by Gasteiger charge is -2.05. The van der Waals surface area contributed by atoms with Gasteiger partial charge in [-0.15, -0.1) is 0 Å². The van der Waals surface area contributed by atoms with E-state index in [1.165, 1.54) is 0 Å². The first kappa shape index (κ1) is 12.4. The van der Waals surface area contributed by atoms with E-state index in [0.29, 0.717) is 22.6 Å². The second-order valence-corrected chi connectivity index (χ2v) is 4.51. The van der Waals surface area contributed by atoms with Gasteiger partial charge in [0.25, 0.3) is 0 Å². The average Bonchev–Trinajstić information content (AvgIpc) is 2.88. The summed E-state index contributed by atoms with van der Waals surface area (Å²) in [7, 11) is 0. The average molecular weight is 267 g/mol. The first-order valence-corrected chi connectivity index (χ1v) is 6.29. The smallest absolute Gasteiger partial charge is 0.233 e. The van der Waals surface area contributed by atoms with Crippen LogP contribution in [0.4, 0.5) is 0 Å². The van der Waals surface area contributed by atoms with E-state index in [4.69, 9.17) is 9.15 Å². The molecule has 0 aliphatic heterocycles. The number of aromatic nitrogens is 1. The summed E-state index contributed by atoms with van der Waals surface area (Å²) in [6.45, 7) is 2.24. The van der Waals surface area contributed by atoms with Crippen molar-refractivity contribution in [2.75, 3.05) is 0 Å². The number of ether oxygens (including phenoxy) is 1. The lowest BCUT2D eigenvalue weighted by atomic mass is 10.2. The molecular formula is C16H13NO3. The molecule has 0 radical (unpaired) electrons. The number of fused-ring (bicyclic) bond motifs is 1. The molecular weight excluding hydrogens is 254 g/mol. The number of rotatable bonds is 4. The van der Waals surface area contributed by atoms with Crippen LogP contribution in [0.2, 0.25) is 0 Å². The fourth-order valence-corrected chi connectivity index (χ4v) is 1.99. The number of benzene rings is 2. The van der Waals surface area contributed by atoms with Crippen molar-refractivity contribution in [2.24, 2.45) is 0 Å². The molecule has 3 rings (SSSR count). The topological polar surface area (TPSA) is 52.3 Å². The monoisotopic (exact) mass is 267 g/mol. The maximum atomic E-state index is 10.7. The van der Waals surface area contributed by atoms with Gasteiger partial charge < -0.3 is 9.15 Å². The van der Waals surface area contributed by atoms with Crippen LogP contribution in [0, 0.1) is 6.92 Å². The van der Waals surface area contributed by atoms with Crippen molar-refractivity contribution in [3.63, 3.8) is 0 Å². The molecule has 0 N–H and O–H groups in total. The normalized spacial score (nSPS) is 10.7. The Morgan fingerprint density at radius 1 is 1.25 bits per heavy atom. The summed E-state index contributed by atoms with van der Waals surface area (Å²) in [5.41, 5.74) is 2.96. The Kier molecular flexibility index (Phi) is 3.21. The standard InChI is InChI=1S/C16H13NO3/c1-11-4-2-3-5-14(11)19-10-16-17-13-8-12(9-18)6-7-15(13)20-16/h2-9H,10H2,1H3. The fourth-order valence-electron chi connectivity index (χ4n) is 1.99. The van der Waals surface area contributed by atoms with Gasteiger partial charge in [0.05, 0.1) is 0 Å². The third kappa shape index (κ3) is 2.40. The molecule has 4 nitrogen and oxygen atoms in total. The number of carbonyl (C=O) groups is 1. The summed E-state index contributed by atoms with van der Waals surface area (Å²) < 4.78 is 11.3. The van der Waals surface area contributed by atoms with Gasteiger partial charge in [0.15, 0.2) is 12.2 Å². The third-order valence-electron chi connectivity index (χ3n) is 3.04. The largest absolute Gasteiger partial charge is 0.484 e. The number of aldehydes is 1. The van der Waals surface area contributed by atoms with Crippen LogP contribution in [0.3, 0.4) is 0 Å². The molecule has 0 bridgehead atoms. The fraction of sp³-hybridized carbons (Fsp3) is 0.125. The van der Waals surface area contributed by atoms with Crippen molar-refractivity contribution >= 4 is 17.4 Å². The van der Waals surface area contributed by atoms with Crippen molar-refractivity contribution in [1.29, 1.82) is 0 Å². The van der Waals surface area contributed by atoms with E-state index in [2.05, 4.69) is 4.98 Å². The Bertz CT molecular complexity index is 761. The SMILES string of the molecule is Cc1ccccc1OCc1nc2cc(C=O)ccc2o1. The van der Waals surface area contributed by atoms with Crippen molar-refractivity contribution in [3.8, 4) is 5.75 Å². The van der Waals surface area contributed by atoms with Gasteiger partial charge in [-0.2, -0.15) is 0 Å². The summed E-state index contributed by atoms with van der Waals surface area (Å²) in [6, 6.07) is 12.9. The van der Waals surface area contributed by atoms with Crippen molar-refractivity contribution in [2.45, 2.75) is 13.5 Å². The minimum atomic E-state index is 0.260. The molecule has 0 unspecified atom stereocenters. The zero-order valence-corrected chi connectivity index (χ0v) is 11.0. The number of aryl methyl sites for hydroxylation is 1. The molecule has 1 heterocycles. The van der Waals surface area contributed by atoms with E-state index in [-0.39, 0.29) is 6.61 Å². The number of para-hydroxylation sites is 1. The molecule has 0 saturated heterocycles. The number of carbonyl (C=O) groups excluding carboxylic acids is 1. The summed E-state index contributed by atoms with van der Waals surface area (Å²) >= 11 is 0. The first-order valence-electron chi connectivity index (χ1n) is 6.29. The molecule has 0 atom stereocenters. The van der Waals surface area contributed by atoms with Crippen LogP contribution in [0.15, 0.2) is 46.9 Å². The van der Waals surface area contributed by atoms with E-state index in [1.807, 2.05) is 31.2 Å². The first-order chi connectivity index (χ1) is 9.76. The number of nitrogens with zero attached hydrogens (tertiary/aromatic N) is 1. The molecule has 0 aliphatic rings. The van der Waals surface area contributed by atoms with E-state index in [0.717, 1.165) is 17.6 Å². The summed E-state index contributed by atoms with van der Waals surface area (Å²) in [5.74, 6) is 1.30. The maximum Gasteiger partial charge on any atom is 0.233 e. The summed E-state index contributed by atoms with van der Waals surface area (Å²) in [5, 5.41) is 0. The Morgan fingerprint density at radius 3 is 2.90 bits per heavy atom. The summed E-state index contributed by atoms with van der Waals surface area (Å²) in [4.78, 5) is 15.0. The highest BCUT2D eigenvalue weighted by Crippen LogP contribution is 2.20. The second kappa shape index (κ2) is 5.17. The van der Waals surface area contributed by atoms with Gasteiger partial charge in [0, 0.05) is 5.56 Å². The quantitative estimate of drug-likeness (QED) is 0.678. The Balaban J connectivity index is 1.81. The zero-order chi connectivity index (χ0) is 13.9. The van der Waals surface area contributed by atoms with Gasteiger partial charge in [-0.25, -0.2) is 4.98 Å². The Morgan fingerprint density at radius 2 is 2.10 bits per heavy atom. The maximum absolute atomic E-state index is 10.7. The molecule has 0 amide bonds. The predicted octanol–water partition coefficient (Wildman–Crippen LogP) is 3.53. The van der Waals surface area contributed by atoms with Gasteiger partial charge in [0.1, 0.15) is 17.6 Å². The molecule has 0 fully saturated rings. The minimum Gasteiger partial charge on any atom is -0.484 e. The highest BCUT2D eigenvalue weighted by Gasteiger charge is 2.08. The van der Waals surface area contributed by atoms with E-state index >= 15 is 0 Å². The van der Waals surface area contributed by atoms with Crippen molar-refractivity contribution in [1.82, 2.24) is 4.98 Å². The van der Waals surface area contributed by atoms with Crippen LogP contribution in [-0.2, 0) is 6.61 Å². The Hall–Kier alpha value is -2.62. The number of hydrogen-bond donors (Lipinski definition) is 0. The minimum absolute atomic E-state index is 0.260. The molecule has 100 valence electrons. The second-order valence-electron chi connectivity index (χ2n) is 4.51. The lowest BCUT2D eigenvalue weighted by molar-refractivity contribution is 0.112. The molecule has 3 aromatic rings.